The van der Waals surface area contributed by atoms with Gasteiger partial charge in [0.1, 0.15) is 0 Å². The van der Waals surface area contributed by atoms with Crippen LogP contribution < -0.4 is 9.47 Å². The molecule has 2 heterocycles. The molecule has 4 rings (SSSR count). The van der Waals surface area contributed by atoms with Crippen molar-refractivity contribution in [1.29, 1.82) is 0 Å². The molecule has 28 heavy (non-hydrogen) atoms. The van der Waals surface area contributed by atoms with Gasteiger partial charge in [-0.3, -0.25) is 4.68 Å². The van der Waals surface area contributed by atoms with Gasteiger partial charge in [0.15, 0.2) is 17.8 Å². The lowest BCUT2D eigenvalue weighted by molar-refractivity contribution is -0.0402. The highest BCUT2D eigenvalue weighted by Crippen LogP contribution is 2.35. The summed E-state index contributed by atoms with van der Waals surface area (Å²) >= 11 is 0. The molecule has 0 N–H and O–H groups in total. The van der Waals surface area contributed by atoms with E-state index < -0.39 is 0 Å². The molecule has 2 aromatic carbocycles. The second-order valence-corrected chi connectivity index (χ2v) is 6.94. The van der Waals surface area contributed by atoms with Crippen LogP contribution in [0.15, 0.2) is 54.6 Å². The number of nitrogens with zero attached hydrogens (tertiary/aromatic N) is 2. The summed E-state index contributed by atoms with van der Waals surface area (Å²) in [7, 11) is 1.66. The Morgan fingerprint density at radius 1 is 1.11 bits per heavy atom. The van der Waals surface area contributed by atoms with Gasteiger partial charge in [0.2, 0.25) is 0 Å². The lowest BCUT2D eigenvalue weighted by Gasteiger charge is -2.17. The second kappa shape index (κ2) is 8.48. The van der Waals surface area contributed by atoms with E-state index >= 15 is 0 Å². The number of hydrogen-bond donors (Lipinski definition) is 0. The van der Waals surface area contributed by atoms with Crippen LogP contribution in [0.1, 0.15) is 31.0 Å². The summed E-state index contributed by atoms with van der Waals surface area (Å²) in [4.78, 5) is 0. The Balaban J connectivity index is 1.68. The Bertz CT molecular complexity index is 915. The van der Waals surface area contributed by atoms with Crippen LogP contribution in [0.5, 0.6) is 11.5 Å². The maximum absolute atomic E-state index is 6.07. The third-order valence-electron chi connectivity index (χ3n) is 4.97. The van der Waals surface area contributed by atoms with Gasteiger partial charge >= 0.3 is 0 Å². The van der Waals surface area contributed by atoms with Gasteiger partial charge in [-0.25, -0.2) is 0 Å². The largest absolute Gasteiger partial charge is 0.493 e. The Labute approximate surface area is 165 Å². The molecule has 5 nitrogen and oxygen atoms in total. The zero-order chi connectivity index (χ0) is 19.3. The van der Waals surface area contributed by atoms with Crippen LogP contribution in [0.4, 0.5) is 0 Å². The molecule has 0 spiro atoms. The van der Waals surface area contributed by atoms with Crippen molar-refractivity contribution >= 4 is 0 Å². The highest BCUT2D eigenvalue weighted by Gasteiger charge is 2.20. The van der Waals surface area contributed by atoms with Crippen molar-refractivity contribution in [2.75, 3.05) is 13.7 Å². The Morgan fingerprint density at radius 2 is 1.96 bits per heavy atom. The van der Waals surface area contributed by atoms with Crippen molar-refractivity contribution < 1.29 is 14.2 Å². The Morgan fingerprint density at radius 3 is 2.68 bits per heavy atom. The van der Waals surface area contributed by atoms with E-state index in [9.17, 15) is 0 Å². The predicted octanol–water partition coefficient (Wildman–Crippen LogP) is 4.68. The van der Waals surface area contributed by atoms with Crippen LogP contribution >= 0.6 is 0 Å². The second-order valence-electron chi connectivity index (χ2n) is 6.94. The number of rotatable bonds is 7. The van der Waals surface area contributed by atoms with E-state index in [1.54, 1.807) is 7.11 Å². The molecule has 1 unspecified atom stereocenters. The summed E-state index contributed by atoms with van der Waals surface area (Å²) in [6.07, 6.45) is 2.62. The maximum Gasteiger partial charge on any atom is 0.200 e. The minimum atomic E-state index is -0.204. The van der Waals surface area contributed by atoms with E-state index in [4.69, 9.17) is 19.3 Å². The van der Waals surface area contributed by atoms with Crippen molar-refractivity contribution in [2.24, 2.45) is 0 Å². The summed E-state index contributed by atoms with van der Waals surface area (Å²) in [5, 5.41) is 4.80. The van der Waals surface area contributed by atoms with Gasteiger partial charge in [-0.1, -0.05) is 37.3 Å². The molecule has 1 aliphatic rings. The Kier molecular flexibility index (Phi) is 5.63. The van der Waals surface area contributed by atoms with E-state index in [1.807, 2.05) is 18.2 Å². The van der Waals surface area contributed by atoms with Gasteiger partial charge in [-0.2, -0.15) is 5.10 Å². The fourth-order valence-electron chi connectivity index (χ4n) is 3.46. The van der Waals surface area contributed by atoms with Crippen LogP contribution in [-0.4, -0.2) is 29.8 Å². The SMILES string of the molecule is CCc1cc(-c2ccc(OC)c(OC3CCCO3)c2)n(Cc2ccccc2)n1. The molecular weight excluding hydrogens is 352 g/mol. The molecule has 1 aromatic heterocycles. The standard InChI is InChI=1S/C23H26N2O3/c1-3-19-15-20(25(24-19)16-17-8-5-4-6-9-17)18-11-12-21(26-2)22(14-18)28-23-10-7-13-27-23/h4-6,8-9,11-12,14-15,23H,3,7,10,13,16H2,1-2H3. The first-order chi connectivity index (χ1) is 13.8. The lowest BCUT2D eigenvalue weighted by Crippen LogP contribution is -2.14. The molecular formula is C23H26N2O3. The predicted molar refractivity (Wildman–Crippen MR) is 109 cm³/mol. The summed E-state index contributed by atoms with van der Waals surface area (Å²) in [6.45, 7) is 3.60. The molecule has 0 bridgehead atoms. The average molecular weight is 378 g/mol. The summed E-state index contributed by atoms with van der Waals surface area (Å²) in [5.41, 5.74) is 4.42. The maximum atomic E-state index is 6.07. The quantitative estimate of drug-likeness (QED) is 0.599. The van der Waals surface area contributed by atoms with Crippen LogP contribution in [0, 0.1) is 0 Å². The molecule has 1 atom stereocenters. The molecule has 0 radical (unpaired) electrons. The van der Waals surface area contributed by atoms with Crippen molar-refractivity contribution in [3.8, 4) is 22.8 Å². The van der Waals surface area contributed by atoms with Gasteiger partial charge in [0, 0.05) is 12.0 Å². The number of aryl methyl sites for hydroxylation is 1. The van der Waals surface area contributed by atoms with E-state index in [-0.39, 0.29) is 6.29 Å². The van der Waals surface area contributed by atoms with E-state index in [0.717, 1.165) is 49.4 Å². The topological polar surface area (TPSA) is 45.5 Å². The van der Waals surface area contributed by atoms with Gasteiger partial charge in [0.05, 0.1) is 31.6 Å². The van der Waals surface area contributed by atoms with Crippen LogP contribution in [-0.2, 0) is 17.7 Å². The first-order valence-corrected chi connectivity index (χ1v) is 9.84. The lowest BCUT2D eigenvalue weighted by atomic mass is 10.1. The van der Waals surface area contributed by atoms with Crippen molar-refractivity contribution in [3.63, 3.8) is 0 Å². The zero-order valence-corrected chi connectivity index (χ0v) is 16.4. The highest BCUT2D eigenvalue weighted by atomic mass is 16.7. The Hall–Kier alpha value is -2.79. The number of aromatic nitrogens is 2. The smallest absolute Gasteiger partial charge is 0.200 e. The van der Waals surface area contributed by atoms with Crippen LogP contribution in [0.3, 0.4) is 0 Å². The fraction of sp³-hybridized carbons (Fsp3) is 0.348. The average Bonchev–Trinajstić information content (AvgIpc) is 3.38. The normalized spacial score (nSPS) is 16.3. The van der Waals surface area contributed by atoms with Gasteiger partial charge in [0.25, 0.3) is 0 Å². The third-order valence-corrected chi connectivity index (χ3v) is 4.97. The van der Waals surface area contributed by atoms with Crippen molar-refractivity contribution in [1.82, 2.24) is 9.78 Å². The molecule has 1 aliphatic heterocycles. The van der Waals surface area contributed by atoms with E-state index in [0.29, 0.717) is 11.5 Å². The number of hydrogen-bond acceptors (Lipinski definition) is 4. The summed E-state index contributed by atoms with van der Waals surface area (Å²) in [6, 6.07) is 18.6. The molecule has 3 aromatic rings. The molecule has 0 amide bonds. The number of methoxy groups -OCH3 is 1. The van der Waals surface area contributed by atoms with Crippen LogP contribution in [0.25, 0.3) is 11.3 Å². The zero-order valence-electron chi connectivity index (χ0n) is 16.4. The molecule has 146 valence electrons. The molecule has 5 heteroatoms. The van der Waals surface area contributed by atoms with E-state index in [1.165, 1.54) is 5.56 Å². The molecule has 1 saturated heterocycles. The monoisotopic (exact) mass is 378 g/mol. The molecule has 1 fully saturated rings. The summed E-state index contributed by atoms with van der Waals surface area (Å²) < 4.78 is 19.3. The first-order valence-electron chi connectivity index (χ1n) is 9.84. The first kappa shape index (κ1) is 18.6. The van der Waals surface area contributed by atoms with Gasteiger partial charge in [-0.05, 0) is 42.7 Å². The van der Waals surface area contributed by atoms with Gasteiger partial charge in [-0.15, -0.1) is 0 Å². The van der Waals surface area contributed by atoms with Crippen molar-refractivity contribution in [2.45, 2.75) is 39.0 Å². The van der Waals surface area contributed by atoms with E-state index in [2.05, 4.69) is 48.0 Å². The number of ether oxygens (including phenoxy) is 3. The highest BCUT2D eigenvalue weighted by molar-refractivity contribution is 5.65. The fourth-order valence-corrected chi connectivity index (χ4v) is 3.46. The third kappa shape index (κ3) is 4.04. The van der Waals surface area contributed by atoms with Crippen molar-refractivity contribution in [3.05, 3.63) is 65.9 Å². The molecule has 0 aliphatic carbocycles. The van der Waals surface area contributed by atoms with Gasteiger partial charge < -0.3 is 14.2 Å². The number of benzene rings is 2. The molecule has 0 saturated carbocycles. The summed E-state index contributed by atoms with van der Waals surface area (Å²) in [5.74, 6) is 1.42. The minimum absolute atomic E-state index is 0.204. The minimum Gasteiger partial charge on any atom is -0.493 e. The van der Waals surface area contributed by atoms with Crippen LogP contribution in [0.2, 0.25) is 0 Å².